The van der Waals surface area contributed by atoms with Gasteiger partial charge in [-0.2, -0.15) is 0 Å². The maximum Gasteiger partial charge on any atom is 0.247 e. The number of carbonyl (C=O) groups is 2. The van der Waals surface area contributed by atoms with E-state index in [1.54, 1.807) is 0 Å². The molecule has 1 aromatic carbocycles. The average molecular weight is 369 g/mol. The maximum atomic E-state index is 13.3. The van der Waals surface area contributed by atoms with Crippen LogP contribution in [-0.4, -0.2) is 28.8 Å². The average Bonchev–Trinajstić information content (AvgIpc) is 3.11. The molecule has 146 valence electrons. The van der Waals surface area contributed by atoms with E-state index in [1.165, 1.54) is 24.8 Å². The van der Waals surface area contributed by atoms with Crippen molar-refractivity contribution in [3.05, 3.63) is 35.4 Å². The van der Waals surface area contributed by atoms with Crippen LogP contribution < -0.4 is 5.32 Å². The lowest BCUT2D eigenvalue weighted by atomic mass is 9.85. The van der Waals surface area contributed by atoms with Crippen molar-refractivity contribution in [1.82, 2.24) is 10.2 Å². The molecule has 0 bridgehead atoms. The fourth-order valence-electron chi connectivity index (χ4n) is 5.18. The first-order chi connectivity index (χ1) is 13.1. The normalized spacial score (nSPS) is 26.6. The zero-order valence-electron chi connectivity index (χ0n) is 16.6. The third-order valence-corrected chi connectivity index (χ3v) is 6.81. The van der Waals surface area contributed by atoms with Gasteiger partial charge >= 0.3 is 0 Å². The second kappa shape index (κ2) is 7.65. The molecule has 1 saturated heterocycles. The number of rotatable bonds is 5. The molecule has 2 aliphatic carbocycles. The van der Waals surface area contributed by atoms with Gasteiger partial charge in [-0.1, -0.05) is 63.8 Å². The van der Waals surface area contributed by atoms with Gasteiger partial charge in [0.05, 0.1) is 5.92 Å². The van der Waals surface area contributed by atoms with Crippen molar-refractivity contribution >= 4 is 11.8 Å². The van der Waals surface area contributed by atoms with Gasteiger partial charge in [-0.25, -0.2) is 0 Å². The van der Waals surface area contributed by atoms with E-state index in [0.29, 0.717) is 5.92 Å². The SMILES string of the molecule is CC(C)c1ccc(C(C(=O)NC2CCCCC2)N2C(=O)[C@@H]3CCC[C@@H]32)cc1. The van der Waals surface area contributed by atoms with Gasteiger partial charge < -0.3 is 10.2 Å². The Kier molecular flexibility index (Phi) is 5.25. The summed E-state index contributed by atoms with van der Waals surface area (Å²) in [6.07, 6.45) is 8.88. The first kappa shape index (κ1) is 18.5. The van der Waals surface area contributed by atoms with Crippen molar-refractivity contribution < 1.29 is 9.59 Å². The summed E-state index contributed by atoms with van der Waals surface area (Å²) in [4.78, 5) is 28.0. The molecule has 27 heavy (non-hydrogen) atoms. The van der Waals surface area contributed by atoms with Gasteiger partial charge in [-0.3, -0.25) is 9.59 Å². The Labute approximate surface area is 162 Å². The lowest BCUT2D eigenvalue weighted by molar-refractivity contribution is -0.163. The van der Waals surface area contributed by atoms with Crippen LogP contribution in [0.3, 0.4) is 0 Å². The Morgan fingerprint density at radius 3 is 2.30 bits per heavy atom. The van der Waals surface area contributed by atoms with Gasteiger partial charge in [0.15, 0.2) is 0 Å². The van der Waals surface area contributed by atoms with Crippen LogP contribution in [-0.2, 0) is 9.59 Å². The van der Waals surface area contributed by atoms with Gasteiger partial charge in [0.25, 0.3) is 0 Å². The summed E-state index contributed by atoms with van der Waals surface area (Å²) in [6, 6.07) is 8.37. The second-order valence-electron chi connectivity index (χ2n) is 8.92. The maximum absolute atomic E-state index is 13.3. The zero-order valence-corrected chi connectivity index (χ0v) is 16.6. The van der Waals surface area contributed by atoms with E-state index in [0.717, 1.165) is 37.7 Å². The molecular formula is C23H32N2O2. The highest BCUT2D eigenvalue weighted by Gasteiger charge is 2.54. The van der Waals surface area contributed by atoms with Crippen molar-refractivity contribution in [3.8, 4) is 0 Å². The molecule has 4 nitrogen and oxygen atoms in total. The number of fused-ring (bicyclic) bond motifs is 1. The highest BCUT2D eigenvalue weighted by molar-refractivity contribution is 5.94. The molecule has 1 aromatic rings. The Morgan fingerprint density at radius 1 is 0.963 bits per heavy atom. The summed E-state index contributed by atoms with van der Waals surface area (Å²) in [5.41, 5.74) is 2.21. The van der Waals surface area contributed by atoms with Crippen LogP contribution in [0.1, 0.15) is 88.3 Å². The molecule has 0 spiro atoms. The Hall–Kier alpha value is -1.84. The minimum Gasteiger partial charge on any atom is -0.351 e. The number of hydrogen-bond acceptors (Lipinski definition) is 2. The topological polar surface area (TPSA) is 49.4 Å². The monoisotopic (exact) mass is 368 g/mol. The third kappa shape index (κ3) is 3.51. The predicted octanol–water partition coefficient (Wildman–Crippen LogP) is 4.31. The molecule has 3 atom stereocenters. The van der Waals surface area contributed by atoms with Crippen LogP contribution in [0, 0.1) is 5.92 Å². The van der Waals surface area contributed by atoms with E-state index in [9.17, 15) is 9.59 Å². The first-order valence-corrected chi connectivity index (χ1v) is 10.8. The van der Waals surface area contributed by atoms with Gasteiger partial charge in [-0.05, 0) is 42.7 Å². The molecule has 1 unspecified atom stereocenters. The summed E-state index contributed by atoms with van der Waals surface area (Å²) in [6.45, 7) is 4.34. The fraction of sp³-hybridized carbons (Fsp3) is 0.652. The van der Waals surface area contributed by atoms with E-state index in [1.807, 2.05) is 4.90 Å². The molecule has 3 aliphatic rings. The van der Waals surface area contributed by atoms with E-state index in [4.69, 9.17) is 0 Å². The molecule has 0 radical (unpaired) electrons. The van der Waals surface area contributed by atoms with Crippen LogP contribution in [0.5, 0.6) is 0 Å². The van der Waals surface area contributed by atoms with Crippen molar-refractivity contribution in [3.63, 3.8) is 0 Å². The minimum atomic E-state index is -0.472. The van der Waals surface area contributed by atoms with E-state index in [-0.39, 0.29) is 29.8 Å². The van der Waals surface area contributed by atoms with Crippen LogP contribution in [0.4, 0.5) is 0 Å². The largest absolute Gasteiger partial charge is 0.351 e. The number of likely N-dealkylation sites (tertiary alicyclic amines) is 1. The molecule has 4 rings (SSSR count). The summed E-state index contributed by atoms with van der Waals surface area (Å²) in [5.74, 6) is 0.801. The number of amides is 2. The van der Waals surface area contributed by atoms with Crippen molar-refractivity contribution in [2.24, 2.45) is 5.92 Å². The van der Waals surface area contributed by atoms with Gasteiger partial charge in [0.2, 0.25) is 11.8 Å². The van der Waals surface area contributed by atoms with Crippen molar-refractivity contribution in [2.75, 3.05) is 0 Å². The Balaban J connectivity index is 1.58. The number of hydrogen-bond donors (Lipinski definition) is 1. The summed E-state index contributed by atoms with van der Waals surface area (Å²) >= 11 is 0. The molecule has 2 saturated carbocycles. The Bertz CT molecular complexity index is 691. The van der Waals surface area contributed by atoms with Gasteiger partial charge in [-0.15, -0.1) is 0 Å². The quantitative estimate of drug-likeness (QED) is 0.787. The van der Waals surface area contributed by atoms with Gasteiger partial charge in [0.1, 0.15) is 6.04 Å². The number of β-lactam (4-membered cyclic amide) rings is 1. The van der Waals surface area contributed by atoms with Crippen LogP contribution >= 0.6 is 0 Å². The number of nitrogens with zero attached hydrogens (tertiary/aromatic N) is 1. The van der Waals surface area contributed by atoms with E-state index >= 15 is 0 Å². The third-order valence-electron chi connectivity index (χ3n) is 6.81. The minimum absolute atomic E-state index is 0.0119. The van der Waals surface area contributed by atoms with E-state index < -0.39 is 6.04 Å². The van der Waals surface area contributed by atoms with Crippen LogP contribution in [0.2, 0.25) is 0 Å². The molecule has 1 N–H and O–H groups in total. The number of carbonyl (C=O) groups excluding carboxylic acids is 2. The number of nitrogens with one attached hydrogen (secondary N) is 1. The van der Waals surface area contributed by atoms with Gasteiger partial charge in [0, 0.05) is 12.1 Å². The molecule has 1 aliphatic heterocycles. The highest BCUT2D eigenvalue weighted by Crippen LogP contribution is 2.45. The molecule has 1 heterocycles. The highest BCUT2D eigenvalue weighted by atomic mass is 16.2. The lowest BCUT2D eigenvalue weighted by Gasteiger charge is -2.48. The van der Waals surface area contributed by atoms with E-state index in [2.05, 4.69) is 43.4 Å². The van der Waals surface area contributed by atoms with Crippen molar-refractivity contribution in [2.45, 2.75) is 89.3 Å². The summed E-state index contributed by atoms with van der Waals surface area (Å²) in [5, 5.41) is 3.27. The molecule has 3 fully saturated rings. The molecular weight excluding hydrogens is 336 g/mol. The first-order valence-electron chi connectivity index (χ1n) is 10.8. The smallest absolute Gasteiger partial charge is 0.247 e. The molecule has 0 aromatic heterocycles. The lowest BCUT2D eigenvalue weighted by Crippen LogP contribution is -2.62. The predicted molar refractivity (Wildman–Crippen MR) is 106 cm³/mol. The second-order valence-corrected chi connectivity index (χ2v) is 8.92. The fourth-order valence-corrected chi connectivity index (χ4v) is 5.18. The van der Waals surface area contributed by atoms with Crippen LogP contribution in [0.15, 0.2) is 24.3 Å². The molecule has 4 heteroatoms. The van der Waals surface area contributed by atoms with Crippen molar-refractivity contribution in [1.29, 1.82) is 0 Å². The zero-order chi connectivity index (χ0) is 19.0. The summed E-state index contributed by atoms with van der Waals surface area (Å²) in [7, 11) is 0. The molecule has 2 amide bonds. The Morgan fingerprint density at radius 2 is 1.63 bits per heavy atom. The number of benzene rings is 1. The summed E-state index contributed by atoms with van der Waals surface area (Å²) < 4.78 is 0. The van der Waals surface area contributed by atoms with Crippen LogP contribution in [0.25, 0.3) is 0 Å². The standard InChI is InChI=1S/C23H32N2O2/c1-15(2)16-11-13-17(14-12-16)21(22(26)24-18-7-4-3-5-8-18)25-20-10-6-9-19(20)23(25)27/h11-15,18-21H,3-10H2,1-2H3,(H,24,26)/t19-,20+,21?/m1/s1.